The zero-order valence-corrected chi connectivity index (χ0v) is 8.92. The van der Waals surface area contributed by atoms with Gasteiger partial charge in [0.1, 0.15) is 0 Å². The van der Waals surface area contributed by atoms with Gasteiger partial charge in [-0.15, -0.1) is 0 Å². The van der Waals surface area contributed by atoms with E-state index in [1.807, 2.05) is 20.0 Å². The van der Waals surface area contributed by atoms with Gasteiger partial charge in [0.2, 0.25) is 0 Å². The predicted octanol–water partition coefficient (Wildman–Crippen LogP) is 1.47. The summed E-state index contributed by atoms with van der Waals surface area (Å²) in [5, 5.41) is 12.7. The molecule has 0 unspecified atom stereocenters. The van der Waals surface area contributed by atoms with Crippen molar-refractivity contribution >= 4 is 0 Å². The molecule has 0 aliphatic carbocycles. The van der Waals surface area contributed by atoms with E-state index in [1.54, 1.807) is 13.2 Å². The molecule has 14 heavy (non-hydrogen) atoms. The molecule has 78 valence electrons. The van der Waals surface area contributed by atoms with Crippen LogP contribution in [-0.2, 0) is 6.42 Å². The average Bonchev–Trinajstić information content (AvgIpc) is 2.14. The van der Waals surface area contributed by atoms with E-state index in [4.69, 9.17) is 4.74 Å². The van der Waals surface area contributed by atoms with Gasteiger partial charge in [-0.3, -0.25) is 0 Å². The topological polar surface area (TPSA) is 41.5 Å². The fraction of sp³-hybridized carbons (Fsp3) is 0.455. The van der Waals surface area contributed by atoms with E-state index in [1.165, 1.54) is 0 Å². The molecule has 3 heteroatoms. The number of nitrogens with one attached hydrogen (secondary N) is 1. The summed E-state index contributed by atoms with van der Waals surface area (Å²) in [6, 6.07) is 3.79. The Balaban J connectivity index is 2.90. The van der Waals surface area contributed by atoms with E-state index in [0.29, 0.717) is 5.75 Å². The molecule has 0 amide bonds. The summed E-state index contributed by atoms with van der Waals surface area (Å²) < 4.78 is 5.07. The van der Waals surface area contributed by atoms with E-state index in [2.05, 4.69) is 5.32 Å². The van der Waals surface area contributed by atoms with Crippen LogP contribution in [0.2, 0.25) is 0 Å². The van der Waals surface area contributed by atoms with Gasteiger partial charge >= 0.3 is 0 Å². The summed E-state index contributed by atoms with van der Waals surface area (Å²) in [4.78, 5) is 0. The minimum atomic E-state index is 0.221. The molecule has 1 aromatic carbocycles. The number of phenols is 1. The Morgan fingerprint density at radius 2 is 2.14 bits per heavy atom. The van der Waals surface area contributed by atoms with Crippen molar-refractivity contribution in [2.45, 2.75) is 13.3 Å². The lowest BCUT2D eigenvalue weighted by Gasteiger charge is -2.09. The Bertz CT molecular complexity index is 287. The number of benzene rings is 1. The molecule has 0 aliphatic heterocycles. The van der Waals surface area contributed by atoms with Gasteiger partial charge in [-0.2, -0.15) is 0 Å². The van der Waals surface area contributed by atoms with Gasteiger partial charge in [-0.05, 0) is 44.1 Å². The highest BCUT2D eigenvalue weighted by Crippen LogP contribution is 2.30. The third kappa shape index (κ3) is 2.39. The Morgan fingerprint density at radius 3 is 2.64 bits per heavy atom. The molecule has 2 N–H and O–H groups in total. The van der Waals surface area contributed by atoms with Crippen LogP contribution in [0.25, 0.3) is 0 Å². The largest absolute Gasteiger partial charge is 0.504 e. The molecule has 0 radical (unpaired) electrons. The highest BCUT2D eigenvalue weighted by Gasteiger charge is 2.06. The summed E-state index contributed by atoms with van der Waals surface area (Å²) in [6.45, 7) is 2.84. The molecule has 0 atom stereocenters. The van der Waals surface area contributed by atoms with E-state index in [9.17, 15) is 5.11 Å². The number of hydrogen-bond donors (Lipinski definition) is 2. The molecule has 0 aliphatic rings. The van der Waals surface area contributed by atoms with Crippen molar-refractivity contribution in [1.82, 2.24) is 5.32 Å². The molecular weight excluding hydrogens is 178 g/mol. The number of likely N-dealkylation sites (N-methyl/N-ethyl adjacent to an activating group) is 1. The van der Waals surface area contributed by atoms with Crippen LogP contribution in [0, 0.1) is 6.92 Å². The molecule has 0 fully saturated rings. The van der Waals surface area contributed by atoms with Crippen molar-refractivity contribution in [3.8, 4) is 11.5 Å². The monoisotopic (exact) mass is 195 g/mol. The van der Waals surface area contributed by atoms with E-state index in [0.717, 1.165) is 24.1 Å². The maximum absolute atomic E-state index is 9.63. The first-order valence-corrected chi connectivity index (χ1v) is 4.70. The predicted molar refractivity (Wildman–Crippen MR) is 57.0 cm³/mol. The van der Waals surface area contributed by atoms with E-state index in [-0.39, 0.29) is 5.75 Å². The molecule has 0 bridgehead atoms. The summed E-state index contributed by atoms with van der Waals surface area (Å²) in [6.07, 6.45) is 0.912. The number of aromatic hydroxyl groups is 1. The van der Waals surface area contributed by atoms with Crippen LogP contribution in [-0.4, -0.2) is 25.8 Å². The molecule has 0 saturated heterocycles. The smallest absolute Gasteiger partial charge is 0.163 e. The normalized spacial score (nSPS) is 10.2. The van der Waals surface area contributed by atoms with Crippen LogP contribution >= 0.6 is 0 Å². The van der Waals surface area contributed by atoms with Crippen molar-refractivity contribution in [3.05, 3.63) is 23.3 Å². The molecule has 0 saturated carbocycles. The van der Waals surface area contributed by atoms with E-state index >= 15 is 0 Å². The van der Waals surface area contributed by atoms with Crippen molar-refractivity contribution in [3.63, 3.8) is 0 Å². The van der Waals surface area contributed by atoms with Crippen molar-refractivity contribution < 1.29 is 9.84 Å². The number of aryl methyl sites for hydroxylation is 1. The second kappa shape index (κ2) is 4.86. The number of methoxy groups -OCH3 is 1. The van der Waals surface area contributed by atoms with Crippen molar-refractivity contribution in [1.29, 1.82) is 0 Å². The lowest BCUT2D eigenvalue weighted by Crippen LogP contribution is -2.10. The SMILES string of the molecule is CNCCc1cc(C)c(OC)c(O)c1. The summed E-state index contributed by atoms with van der Waals surface area (Å²) in [7, 11) is 3.48. The van der Waals surface area contributed by atoms with Crippen LogP contribution in [0.3, 0.4) is 0 Å². The molecule has 0 spiro atoms. The van der Waals surface area contributed by atoms with Gasteiger partial charge in [0, 0.05) is 0 Å². The molecule has 3 nitrogen and oxygen atoms in total. The van der Waals surface area contributed by atoms with Crippen LogP contribution in [0.5, 0.6) is 11.5 Å². The molecular formula is C11H17NO2. The van der Waals surface area contributed by atoms with Gasteiger partial charge in [0.05, 0.1) is 7.11 Å². The first kappa shape index (κ1) is 10.9. The van der Waals surface area contributed by atoms with Crippen LogP contribution in [0.4, 0.5) is 0 Å². The second-order valence-electron chi connectivity index (χ2n) is 3.32. The Morgan fingerprint density at radius 1 is 1.43 bits per heavy atom. The number of hydrogen-bond acceptors (Lipinski definition) is 3. The highest BCUT2D eigenvalue weighted by atomic mass is 16.5. The van der Waals surface area contributed by atoms with Gasteiger partial charge < -0.3 is 15.2 Å². The minimum absolute atomic E-state index is 0.221. The maximum Gasteiger partial charge on any atom is 0.163 e. The molecule has 0 heterocycles. The zero-order valence-electron chi connectivity index (χ0n) is 8.92. The molecule has 0 aromatic heterocycles. The number of rotatable bonds is 4. The molecule has 1 rings (SSSR count). The Labute approximate surface area is 84.7 Å². The summed E-state index contributed by atoms with van der Waals surface area (Å²) >= 11 is 0. The fourth-order valence-electron chi connectivity index (χ4n) is 1.51. The van der Waals surface area contributed by atoms with Crippen LogP contribution in [0.1, 0.15) is 11.1 Å². The maximum atomic E-state index is 9.63. The van der Waals surface area contributed by atoms with E-state index < -0.39 is 0 Å². The minimum Gasteiger partial charge on any atom is -0.504 e. The van der Waals surface area contributed by atoms with Gasteiger partial charge in [-0.1, -0.05) is 6.07 Å². The summed E-state index contributed by atoms with van der Waals surface area (Å²) in [5.74, 6) is 0.789. The first-order valence-electron chi connectivity index (χ1n) is 4.70. The average molecular weight is 195 g/mol. The lowest BCUT2D eigenvalue weighted by atomic mass is 10.1. The second-order valence-corrected chi connectivity index (χ2v) is 3.32. The zero-order chi connectivity index (χ0) is 10.6. The quantitative estimate of drug-likeness (QED) is 0.764. The number of phenolic OH excluding ortho intramolecular Hbond substituents is 1. The van der Waals surface area contributed by atoms with Crippen LogP contribution < -0.4 is 10.1 Å². The Hall–Kier alpha value is -1.22. The van der Waals surface area contributed by atoms with Gasteiger partial charge in [-0.25, -0.2) is 0 Å². The van der Waals surface area contributed by atoms with Crippen LogP contribution in [0.15, 0.2) is 12.1 Å². The third-order valence-corrected chi connectivity index (χ3v) is 2.18. The molecule has 1 aromatic rings. The van der Waals surface area contributed by atoms with Crippen molar-refractivity contribution in [2.75, 3.05) is 20.7 Å². The summed E-state index contributed by atoms with van der Waals surface area (Å²) in [5.41, 5.74) is 2.09. The van der Waals surface area contributed by atoms with Gasteiger partial charge in [0.25, 0.3) is 0 Å². The van der Waals surface area contributed by atoms with Gasteiger partial charge in [0.15, 0.2) is 11.5 Å². The van der Waals surface area contributed by atoms with Crippen molar-refractivity contribution in [2.24, 2.45) is 0 Å². The fourth-order valence-corrected chi connectivity index (χ4v) is 1.51. The Kier molecular flexibility index (Phi) is 3.77. The highest BCUT2D eigenvalue weighted by molar-refractivity contribution is 5.47. The standard InChI is InChI=1S/C11H17NO2/c1-8-6-9(4-5-12-2)7-10(13)11(8)14-3/h6-7,12-13H,4-5H2,1-3H3. The number of ether oxygens (including phenoxy) is 1. The first-order chi connectivity index (χ1) is 6.69. The third-order valence-electron chi connectivity index (χ3n) is 2.18. The lowest BCUT2D eigenvalue weighted by molar-refractivity contribution is 0.370.